The van der Waals surface area contributed by atoms with Gasteiger partial charge in [0.1, 0.15) is 17.9 Å². The number of rotatable bonds is 6. The summed E-state index contributed by atoms with van der Waals surface area (Å²) in [7, 11) is 0. The highest BCUT2D eigenvalue weighted by Crippen LogP contribution is 2.21. The van der Waals surface area contributed by atoms with Gasteiger partial charge >= 0.3 is 5.69 Å². The summed E-state index contributed by atoms with van der Waals surface area (Å²) in [4.78, 5) is 42.1. The maximum absolute atomic E-state index is 13.5. The van der Waals surface area contributed by atoms with E-state index in [1.54, 1.807) is 23.7 Å². The van der Waals surface area contributed by atoms with Crippen LogP contribution in [0, 0.1) is 12.7 Å². The van der Waals surface area contributed by atoms with Crippen LogP contribution in [0.25, 0.3) is 11.0 Å². The van der Waals surface area contributed by atoms with E-state index in [2.05, 4.69) is 12.0 Å². The third kappa shape index (κ3) is 4.24. The second kappa shape index (κ2) is 9.33. The standard InChI is InChI=1S/C24H30FN5O3/c1-4-19-8-6-7-13-27(19)20(31)15-28-21-16(3)26-30(5-2)22(21)23(32)29(24(28)33)14-17-9-11-18(25)12-10-17/h9-12,19H,4-8,13-15H2,1-3H3/t19-/m0/s1. The molecule has 1 atom stereocenters. The van der Waals surface area contributed by atoms with E-state index in [0.29, 0.717) is 35.4 Å². The van der Waals surface area contributed by atoms with Crippen LogP contribution in [-0.4, -0.2) is 42.3 Å². The van der Waals surface area contributed by atoms with Gasteiger partial charge in [-0.25, -0.2) is 9.18 Å². The number of carbonyl (C=O) groups excluding carboxylic acids is 1. The van der Waals surface area contributed by atoms with Crippen LogP contribution in [0.1, 0.15) is 50.8 Å². The van der Waals surface area contributed by atoms with Crippen molar-refractivity contribution in [3.05, 3.63) is 62.2 Å². The molecule has 1 amide bonds. The fourth-order valence-corrected chi connectivity index (χ4v) is 4.83. The number of aryl methyl sites for hydroxylation is 2. The Bertz CT molecular complexity index is 1290. The monoisotopic (exact) mass is 455 g/mol. The fourth-order valence-electron chi connectivity index (χ4n) is 4.83. The van der Waals surface area contributed by atoms with Crippen molar-refractivity contribution in [2.75, 3.05) is 6.54 Å². The number of amides is 1. The molecular formula is C24H30FN5O3. The van der Waals surface area contributed by atoms with Crippen LogP contribution in [0.4, 0.5) is 4.39 Å². The minimum absolute atomic E-state index is 0.0165. The molecule has 33 heavy (non-hydrogen) atoms. The normalized spacial score (nSPS) is 16.5. The molecule has 1 aliphatic heterocycles. The number of halogens is 1. The van der Waals surface area contributed by atoms with Crippen LogP contribution in [-0.2, 0) is 24.4 Å². The lowest BCUT2D eigenvalue weighted by Crippen LogP contribution is -2.48. The largest absolute Gasteiger partial charge is 0.338 e. The van der Waals surface area contributed by atoms with Crippen molar-refractivity contribution < 1.29 is 9.18 Å². The molecule has 1 saturated heterocycles. The first kappa shape index (κ1) is 22.9. The predicted octanol–water partition coefficient (Wildman–Crippen LogP) is 2.67. The molecule has 8 nitrogen and oxygen atoms in total. The van der Waals surface area contributed by atoms with Crippen LogP contribution in [0.5, 0.6) is 0 Å². The van der Waals surface area contributed by atoms with E-state index in [1.165, 1.54) is 16.7 Å². The smallest absolute Gasteiger partial charge is 0.332 e. The molecule has 0 spiro atoms. The molecule has 1 aliphatic rings. The van der Waals surface area contributed by atoms with Crippen LogP contribution >= 0.6 is 0 Å². The average Bonchev–Trinajstić information content (AvgIpc) is 3.16. The zero-order valence-corrected chi connectivity index (χ0v) is 19.4. The molecule has 4 rings (SSSR count). The van der Waals surface area contributed by atoms with Gasteiger partial charge in [0.25, 0.3) is 5.56 Å². The van der Waals surface area contributed by atoms with E-state index in [0.717, 1.165) is 30.3 Å². The van der Waals surface area contributed by atoms with Crippen molar-refractivity contribution in [3.8, 4) is 0 Å². The highest BCUT2D eigenvalue weighted by atomic mass is 19.1. The predicted molar refractivity (Wildman–Crippen MR) is 124 cm³/mol. The van der Waals surface area contributed by atoms with E-state index < -0.39 is 17.1 Å². The average molecular weight is 456 g/mol. The fraction of sp³-hybridized carbons (Fsp3) is 0.500. The summed E-state index contributed by atoms with van der Waals surface area (Å²) in [5, 5.41) is 4.45. The molecule has 3 aromatic rings. The van der Waals surface area contributed by atoms with Gasteiger partial charge in [-0.2, -0.15) is 5.10 Å². The molecule has 0 saturated carbocycles. The quantitative estimate of drug-likeness (QED) is 0.572. The summed E-state index contributed by atoms with van der Waals surface area (Å²) in [6.07, 6.45) is 3.87. The Labute approximate surface area is 191 Å². The van der Waals surface area contributed by atoms with Gasteiger partial charge in [0.2, 0.25) is 5.91 Å². The van der Waals surface area contributed by atoms with Crippen LogP contribution in [0.3, 0.4) is 0 Å². The first-order valence-electron chi connectivity index (χ1n) is 11.6. The Balaban J connectivity index is 1.84. The zero-order chi connectivity index (χ0) is 23.7. The molecule has 9 heteroatoms. The van der Waals surface area contributed by atoms with Gasteiger partial charge in [-0.3, -0.25) is 23.4 Å². The van der Waals surface area contributed by atoms with Crippen LogP contribution in [0.2, 0.25) is 0 Å². The van der Waals surface area contributed by atoms with E-state index in [-0.39, 0.29) is 25.0 Å². The molecule has 0 aliphatic carbocycles. The second-order valence-electron chi connectivity index (χ2n) is 8.63. The van der Waals surface area contributed by atoms with E-state index in [4.69, 9.17) is 0 Å². The molecule has 2 aromatic heterocycles. The number of hydrogen-bond donors (Lipinski definition) is 0. The zero-order valence-electron chi connectivity index (χ0n) is 19.4. The minimum atomic E-state index is -0.561. The van der Waals surface area contributed by atoms with Gasteiger partial charge in [0.15, 0.2) is 5.52 Å². The number of nitrogens with zero attached hydrogens (tertiary/aromatic N) is 5. The lowest BCUT2D eigenvalue weighted by molar-refractivity contribution is -0.135. The molecule has 1 fully saturated rings. The summed E-state index contributed by atoms with van der Waals surface area (Å²) in [6, 6.07) is 5.85. The molecule has 1 aromatic carbocycles. The molecule has 0 bridgehead atoms. The number of fused-ring (bicyclic) bond motifs is 1. The summed E-state index contributed by atoms with van der Waals surface area (Å²) in [5.74, 6) is -0.517. The summed E-state index contributed by atoms with van der Waals surface area (Å²) in [5.41, 5.74) is 0.835. The Morgan fingerprint density at radius 2 is 1.82 bits per heavy atom. The lowest BCUT2D eigenvalue weighted by Gasteiger charge is -2.35. The Morgan fingerprint density at radius 1 is 1.09 bits per heavy atom. The van der Waals surface area contributed by atoms with Crippen molar-refractivity contribution in [2.45, 2.75) is 72.1 Å². The molecule has 176 valence electrons. The number of piperidine rings is 1. The van der Waals surface area contributed by atoms with Crippen molar-refractivity contribution in [1.29, 1.82) is 0 Å². The Morgan fingerprint density at radius 3 is 2.48 bits per heavy atom. The molecular weight excluding hydrogens is 425 g/mol. The first-order chi connectivity index (χ1) is 15.8. The number of likely N-dealkylation sites (tertiary alicyclic amines) is 1. The van der Waals surface area contributed by atoms with Gasteiger partial charge in [-0.1, -0.05) is 19.1 Å². The van der Waals surface area contributed by atoms with E-state index in [1.807, 2.05) is 11.8 Å². The van der Waals surface area contributed by atoms with Crippen molar-refractivity contribution >= 4 is 16.9 Å². The topological polar surface area (TPSA) is 82.1 Å². The SMILES string of the molecule is CC[C@H]1CCCCN1C(=O)Cn1c(=O)n(Cc2ccc(F)cc2)c(=O)c2c1c(C)nn2CC. The van der Waals surface area contributed by atoms with Gasteiger partial charge in [-0.15, -0.1) is 0 Å². The number of aromatic nitrogens is 4. The Hall–Kier alpha value is -3.23. The lowest BCUT2D eigenvalue weighted by atomic mass is 10.00. The van der Waals surface area contributed by atoms with Crippen LogP contribution in [0.15, 0.2) is 33.9 Å². The van der Waals surface area contributed by atoms with Crippen molar-refractivity contribution in [2.24, 2.45) is 0 Å². The number of carbonyl (C=O) groups is 1. The highest BCUT2D eigenvalue weighted by Gasteiger charge is 2.28. The third-order valence-electron chi connectivity index (χ3n) is 6.54. The van der Waals surface area contributed by atoms with Crippen molar-refractivity contribution in [3.63, 3.8) is 0 Å². The maximum Gasteiger partial charge on any atom is 0.332 e. The Kier molecular flexibility index (Phi) is 6.49. The molecule has 0 radical (unpaired) electrons. The number of hydrogen-bond acceptors (Lipinski definition) is 4. The third-order valence-corrected chi connectivity index (χ3v) is 6.54. The van der Waals surface area contributed by atoms with Gasteiger partial charge < -0.3 is 4.90 Å². The van der Waals surface area contributed by atoms with Gasteiger partial charge in [-0.05, 0) is 57.2 Å². The maximum atomic E-state index is 13.5. The van der Waals surface area contributed by atoms with Gasteiger partial charge in [0, 0.05) is 19.1 Å². The van der Waals surface area contributed by atoms with Gasteiger partial charge in [0.05, 0.1) is 12.2 Å². The molecule has 0 unspecified atom stereocenters. The summed E-state index contributed by atoms with van der Waals surface area (Å²) >= 11 is 0. The number of benzene rings is 1. The highest BCUT2D eigenvalue weighted by molar-refractivity contribution is 5.81. The molecule has 0 N–H and O–H groups in total. The van der Waals surface area contributed by atoms with Crippen LogP contribution < -0.4 is 11.2 Å². The second-order valence-corrected chi connectivity index (χ2v) is 8.63. The van der Waals surface area contributed by atoms with E-state index >= 15 is 0 Å². The first-order valence-corrected chi connectivity index (χ1v) is 11.6. The minimum Gasteiger partial charge on any atom is -0.338 e. The summed E-state index contributed by atoms with van der Waals surface area (Å²) in [6.45, 7) is 6.65. The van der Waals surface area contributed by atoms with Crippen molar-refractivity contribution in [1.82, 2.24) is 23.8 Å². The van der Waals surface area contributed by atoms with E-state index in [9.17, 15) is 18.8 Å². The molecule has 3 heterocycles. The summed E-state index contributed by atoms with van der Waals surface area (Å²) < 4.78 is 17.4.